The number of para-hydroxylation sites is 1. The second kappa shape index (κ2) is 15.4. The molecule has 0 fully saturated rings. The van der Waals surface area contributed by atoms with Crippen LogP contribution in [0.25, 0.3) is 21.8 Å². The highest BCUT2D eigenvalue weighted by molar-refractivity contribution is 6.35. The van der Waals surface area contributed by atoms with Crippen molar-refractivity contribution in [1.82, 2.24) is 15.3 Å². The lowest BCUT2D eigenvalue weighted by Crippen LogP contribution is -2.14. The Morgan fingerprint density at radius 3 is 2.27 bits per heavy atom. The third-order valence-electron chi connectivity index (χ3n) is 8.46. The van der Waals surface area contributed by atoms with Crippen LogP contribution >= 0.6 is 11.6 Å². The topological polar surface area (TPSA) is 70.1 Å². The van der Waals surface area contributed by atoms with Crippen molar-refractivity contribution in [2.24, 2.45) is 0 Å². The fraction of sp³-hybridized carbons (Fsp3) is 0.486. The first-order valence-corrected chi connectivity index (χ1v) is 16.2. The first kappa shape index (κ1) is 29.6. The van der Waals surface area contributed by atoms with Crippen molar-refractivity contribution in [3.8, 4) is 5.75 Å². The molecule has 4 aromatic rings. The first-order valence-electron chi connectivity index (χ1n) is 15.8. The number of rotatable bonds is 16. The molecule has 0 radical (unpaired) electrons. The van der Waals surface area contributed by atoms with Crippen molar-refractivity contribution in [2.75, 3.05) is 18.4 Å². The standard InChI is InChI=1S/C35H45ClN4O/c36-30-24-26(35(41)34-27(30)18-15-23-39-34)25-37-21-13-7-5-3-1-2-4-6-8-14-22-38-33-28-16-9-11-19-31(28)40-32-20-12-10-17-29(32)33/h9,11,15-16,18-19,23-24,37,41H,1-8,10,12-14,17,20-22,25H2,(H,38,40). The monoisotopic (exact) mass is 572 g/mol. The quantitative estimate of drug-likeness (QED) is 0.117. The van der Waals surface area contributed by atoms with Gasteiger partial charge in [0, 0.05) is 47.0 Å². The summed E-state index contributed by atoms with van der Waals surface area (Å²) in [4.78, 5) is 9.25. The zero-order valence-electron chi connectivity index (χ0n) is 24.4. The number of halogens is 1. The number of fused-ring (bicyclic) bond motifs is 3. The van der Waals surface area contributed by atoms with Crippen LogP contribution in [0, 0.1) is 0 Å². The molecular weight excluding hydrogens is 528 g/mol. The second-order valence-electron chi connectivity index (χ2n) is 11.5. The summed E-state index contributed by atoms with van der Waals surface area (Å²) in [6.07, 6.45) is 19.5. The van der Waals surface area contributed by atoms with Crippen LogP contribution in [0.15, 0.2) is 48.7 Å². The maximum absolute atomic E-state index is 10.5. The number of phenols is 1. The zero-order chi connectivity index (χ0) is 28.3. The molecule has 0 aliphatic heterocycles. The van der Waals surface area contributed by atoms with E-state index >= 15 is 0 Å². The Morgan fingerprint density at radius 1 is 0.780 bits per heavy atom. The maximum atomic E-state index is 10.5. The number of anilines is 1. The number of aryl methyl sites for hydroxylation is 1. The minimum absolute atomic E-state index is 0.231. The van der Waals surface area contributed by atoms with E-state index in [1.165, 1.54) is 93.0 Å². The van der Waals surface area contributed by atoms with Crippen molar-refractivity contribution in [1.29, 1.82) is 0 Å². The third kappa shape index (κ3) is 7.90. The third-order valence-corrected chi connectivity index (χ3v) is 8.77. The molecule has 0 atom stereocenters. The number of nitrogens with one attached hydrogen (secondary N) is 2. The van der Waals surface area contributed by atoms with Gasteiger partial charge in [-0.3, -0.25) is 9.97 Å². The van der Waals surface area contributed by atoms with Crippen molar-refractivity contribution < 1.29 is 5.11 Å². The van der Waals surface area contributed by atoms with Gasteiger partial charge in [-0.1, -0.05) is 81.2 Å². The fourth-order valence-electron chi connectivity index (χ4n) is 6.17. The van der Waals surface area contributed by atoms with Gasteiger partial charge >= 0.3 is 0 Å². The minimum Gasteiger partial charge on any atom is -0.505 e. The van der Waals surface area contributed by atoms with Gasteiger partial charge in [0.15, 0.2) is 0 Å². The van der Waals surface area contributed by atoms with Gasteiger partial charge in [-0.05, 0) is 74.9 Å². The van der Waals surface area contributed by atoms with Crippen molar-refractivity contribution >= 4 is 39.1 Å². The summed E-state index contributed by atoms with van der Waals surface area (Å²) in [5.41, 5.74) is 6.66. The van der Waals surface area contributed by atoms with E-state index in [9.17, 15) is 5.11 Å². The molecule has 2 heterocycles. The molecule has 0 bridgehead atoms. The van der Waals surface area contributed by atoms with Crippen molar-refractivity contribution in [3.05, 3.63) is 70.5 Å². The smallest absolute Gasteiger partial charge is 0.146 e. The fourth-order valence-corrected chi connectivity index (χ4v) is 6.46. The summed E-state index contributed by atoms with van der Waals surface area (Å²) in [6, 6.07) is 14.2. The van der Waals surface area contributed by atoms with Crippen LogP contribution in [-0.4, -0.2) is 28.2 Å². The average molecular weight is 573 g/mol. The molecule has 6 heteroatoms. The molecule has 5 rings (SSSR count). The Labute approximate surface area is 250 Å². The minimum atomic E-state index is 0.231. The molecule has 0 spiro atoms. The molecule has 2 aromatic heterocycles. The van der Waals surface area contributed by atoms with Gasteiger partial charge in [0.25, 0.3) is 0 Å². The van der Waals surface area contributed by atoms with Crippen LogP contribution in [0.3, 0.4) is 0 Å². The first-order chi connectivity index (χ1) is 20.2. The number of aromatic hydroxyl groups is 1. The van der Waals surface area contributed by atoms with Crippen LogP contribution in [0.2, 0.25) is 5.02 Å². The van der Waals surface area contributed by atoms with E-state index in [0.29, 0.717) is 17.1 Å². The highest BCUT2D eigenvalue weighted by Crippen LogP contribution is 2.34. The predicted molar refractivity (Wildman–Crippen MR) is 173 cm³/mol. The molecule has 41 heavy (non-hydrogen) atoms. The molecule has 0 unspecified atom stereocenters. The van der Waals surface area contributed by atoms with Gasteiger partial charge < -0.3 is 15.7 Å². The van der Waals surface area contributed by atoms with Crippen molar-refractivity contribution in [2.45, 2.75) is 96.4 Å². The Balaban J connectivity index is 0.887. The molecule has 218 valence electrons. The molecule has 1 aliphatic rings. The number of unbranched alkanes of at least 4 members (excludes halogenated alkanes) is 9. The molecule has 5 nitrogen and oxygen atoms in total. The lowest BCUT2D eigenvalue weighted by Gasteiger charge is -2.21. The maximum Gasteiger partial charge on any atom is 0.146 e. The van der Waals surface area contributed by atoms with Crippen molar-refractivity contribution in [3.63, 3.8) is 0 Å². The lowest BCUT2D eigenvalue weighted by atomic mass is 9.92. The van der Waals surface area contributed by atoms with Gasteiger partial charge in [-0.2, -0.15) is 0 Å². The number of phenolic OH excluding ortho intramolecular Hbond substituents is 1. The second-order valence-corrected chi connectivity index (χ2v) is 11.9. The molecule has 0 saturated heterocycles. The van der Waals surface area contributed by atoms with E-state index in [0.717, 1.165) is 48.8 Å². The Bertz CT molecular complexity index is 1420. The highest BCUT2D eigenvalue weighted by Gasteiger charge is 2.17. The number of hydrogen-bond donors (Lipinski definition) is 3. The summed E-state index contributed by atoms with van der Waals surface area (Å²) in [5, 5.41) is 20.5. The SMILES string of the molecule is Oc1c(CNCCCCCCCCCCCCNc2c3c(nc4ccccc24)CCCC3)cc(Cl)c2cccnc12. The van der Waals surface area contributed by atoms with E-state index in [-0.39, 0.29) is 5.75 Å². The summed E-state index contributed by atoms with van der Waals surface area (Å²) in [5.74, 6) is 0.231. The van der Waals surface area contributed by atoms with E-state index in [1.54, 1.807) is 6.20 Å². The number of pyridine rings is 2. The van der Waals surface area contributed by atoms with E-state index in [2.05, 4.69) is 39.9 Å². The molecular formula is C35H45ClN4O. The zero-order valence-corrected chi connectivity index (χ0v) is 25.1. The Kier molecular flexibility index (Phi) is 11.1. The van der Waals surface area contributed by atoms with Gasteiger partial charge in [0.05, 0.1) is 10.5 Å². The van der Waals surface area contributed by atoms with Gasteiger partial charge in [0.1, 0.15) is 11.3 Å². The van der Waals surface area contributed by atoms with Crippen LogP contribution in [0.1, 0.15) is 93.9 Å². The molecule has 0 saturated carbocycles. The number of benzene rings is 2. The normalized spacial score (nSPS) is 13.1. The van der Waals surface area contributed by atoms with Gasteiger partial charge in [0.2, 0.25) is 0 Å². The lowest BCUT2D eigenvalue weighted by molar-refractivity contribution is 0.468. The molecule has 1 aliphatic carbocycles. The highest BCUT2D eigenvalue weighted by atomic mass is 35.5. The number of nitrogens with zero attached hydrogens (tertiary/aromatic N) is 2. The number of aromatic nitrogens is 2. The Morgan fingerprint density at radius 2 is 1.46 bits per heavy atom. The number of hydrogen-bond acceptors (Lipinski definition) is 5. The predicted octanol–water partition coefficient (Wildman–Crippen LogP) is 9.12. The summed E-state index contributed by atoms with van der Waals surface area (Å²) in [6.45, 7) is 2.61. The van der Waals surface area contributed by atoms with Gasteiger partial charge in [-0.15, -0.1) is 0 Å². The average Bonchev–Trinajstić information content (AvgIpc) is 3.01. The van der Waals surface area contributed by atoms with Crippen LogP contribution < -0.4 is 10.6 Å². The summed E-state index contributed by atoms with van der Waals surface area (Å²) in [7, 11) is 0. The van der Waals surface area contributed by atoms with Crippen LogP contribution in [-0.2, 0) is 19.4 Å². The summed E-state index contributed by atoms with van der Waals surface area (Å²) < 4.78 is 0. The largest absolute Gasteiger partial charge is 0.505 e. The Hall–Kier alpha value is -2.89. The van der Waals surface area contributed by atoms with Gasteiger partial charge in [-0.25, -0.2) is 0 Å². The molecule has 0 amide bonds. The van der Waals surface area contributed by atoms with Crippen LogP contribution in [0.4, 0.5) is 5.69 Å². The van der Waals surface area contributed by atoms with Crippen LogP contribution in [0.5, 0.6) is 5.75 Å². The van der Waals surface area contributed by atoms with E-state index < -0.39 is 0 Å². The summed E-state index contributed by atoms with van der Waals surface area (Å²) >= 11 is 6.38. The van der Waals surface area contributed by atoms with E-state index in [4.69, 9.17) is 16.6 Å². The molecule has 2 aromatic carbocycles. The molecule has 3 N–H and O–H groups in total. The van der Waals surface area contributed by atoms with E-state index in [1.807, 2.05) is 18.2 Å².